The first-order valence-electron chi connectivity index (χ1n) is 21.5. The number of hydrogen-bond donors (Lipinski definition) is 4. The zero-order chi connectivity index (χ0) is 42.6. The van der Waals surface area contributed by atoms with Crippen molar-refractivity contribution in [3.8, 4) is 33.6 Å². The molecular weight excluding hydrogens is 773 g/mol. The SMILES string of the molecule is CC[C@H](NC(=O)OC)C(=O)N1CC2(CC2)CC1c1ncc(-c2ccc3cc(-c4ccc(-c5cnc([C@@H]6[C@H]7CC[C@H](C7)N6C(=O)[C@@H](NC(=O)OC)C(C)C)[nH]5)cc4)ccc3c2)[nH]1. The number of aromatic amines is 2. The molecule has 2 bridgehead atoms. The summed E-state index contributed by atoms with van der Waals surface area (Å²) in [6, 6.07) is 19.7. The summed E-state index contributed by atoms with van der Waals surface area (Å²) in [4.78, 5) is 72.3. The van der Waals surface area contributed by atoms with Gasteiger partial charge in [-0.15, -0.1) is 0 Å². The van der Waals surface area contributed by atoms with Gasteiger partial charge in [-0.05, 0) is 102 Å². The van der Waals surface area contributed by atoms with Gasteiger partial charge in [0.05, 0.1) is 50.1 Å². The first-order chi connectivity index (χ1) is 29.5. The molecule has 2 saturated carbocycles. The van der Waals surface area contributed by atoms with Crippen molar-refractivity contribution in [2.75, 3.05) is 20.8 Å². The van der Waals surface area contributed by atoms with Crippen molar-refractivity contribution >= 4 is 34.8 Å². The quantitative estimate of drug-likeness (QED) is 0.104. The van der Waals surface area contributed by atoms with E-state index in [-0.39, 0.29) is 41.3 Å². The Kier molecular flexibility index (Phi) is 10.6. The normalized spacial score (nSPS) is 22.1. The summed E-state index contributed by atoms with van der Waals surface area (Å²) in [7, 11) is 2.61. The number of carbonyl (C=O) groups is 4. The van der Waals surface area contributed by atoms with Gasteiger partial charge in [-0.2, -0.15) is 0 Å². The van der Waals surface area contributed by atoms with E-state index in [1.54, 1.807) is 0 Å². The molecule has 3 aromatic carbocycles. The molecule has 2 aliphatic heterocycles. The van der Waals surface area contributed by atoms with Crippen LogP contribution in [0.15, 0.2) is 73.1 Å². The molecule has 14 nitrogen and oxygen atoms in total. The summed E-state index contributed by atoms with van der Waals surface area (Å²) in [6.45, 7) is 6.41. The number of hydrogen-bond acceptors (Lipinski definition) is 8. The van der Waals surface area contributed by atoms with Gasteiger partial charge in [0.2, 0.25) is 11.8 Å². The number of imidazole rings is 2. The maximum Gasteiger partial charge on any atom is 0.407 e. The van der Waals surface area contributed by atoms with E-state index in [0.717, 1.165) is 94.6 Å². The Labute approximate surface area is 355 Å². The Morgan fingerprint density at radius 3 is 2.07 bits per heavy atom. The lowest BCUT2D eigenvalue weighted by molar-refractivity contribution is -0.139. The molecule has 1 unspecified atom stereocenters. The second-order valence-corrected chi connectivity index (χ2v) is 17.8. The van der Waals surface area contributed by atoms with Crippen LogP contribution in [0.3, 0.4) is 0 Å². The van der Waals surface area contributed by atoms with Crippen LogP contribution in [-0.2, 0) is 19.1 Å². The zero-order valence-corrected chi connectivity index (χ0v) is 35.4. The van der Waals surface area contributed by atoms with Crippen LogP contribution in [0.2, 0.25) is 0 Å². The minimum atomic E-state index is -0.680. The average Bonchev–Trinajstić information content (AvgIpc) is 3.91. The molecule has 4 amide bonds. The Morgan fingerprint density at radius 1 is 0.787 bits per heavy atom. The lowest BCUT2D eigenvalue weighted by Crippen LogP contribution is -2.54. The molecule has 2 aliphatic carbocycles. The van der Waals surface area contributed by atoms with Gasteiger partial charge in [-0.25, -0.2) is 19.6 Å². The molecule has 9 rings (SSSR count). The second-order valence-electron chi connectivity index (χ2n) is 17.8. The first-order valence-corrected chi connectivity index (χ1v) is 21.5. The van der Waals surface area contributed by atoms with Crippen molar-refractivity contribution in [2.24, 2.45) is 17.3 Å². The molecule has 4 fully saturated rings. The number of aromatic nitrogens is 4. The molecule has 1 spiro atoms. The highest BCUT2D eigenvalue weighted by Gasteiger charge is 2.55. The third-order valence-electron chi connectivity index (χ3n) is 13.6. The van der Waals surface area contributed by atoms with Crippen LogP contribution in [0.4, 0.5) is 9.59 Å². The number of ether oxygens (including phenoxy) is 2. The predicted octanol–water partition coefficient (Wildman–Crippen LogP) is 7.91. The molecule has 4 aliphatic rings. The lowest BCUT2D eigenvalue weighted by Gasteiger charge is -2.37. The van der Waals surface area contributed by atoms with E-state index in [0.29, 0.717) is 18.9 Å². The number of nitrogens with one attached hydrogen (secondary N) is 4. The number of methoxy groups -OCH3 is 2. The van der Waals surface area contributed by atoms with Crippen molar-refractivity contribution < 1.29 is 28.7 Å². The molecule has 4 heterocycles. The number of likely N-dealkylation sites (tertiary alicyclic amines) is 2. The minimum absolute atomic E-state index is 0.0905. The number of fused-ring (bicyclic) bond motifs is 3. The highest BCUT2D eigenvalue weighted by Crippen LogP contribution is 2.58. The van der Waals surface area contributed by atoms with Crippen LogP contribution in [0.5, 0.6) is 0 Å². The van der Waals surface area contributed by atoms with Crippen molar-refractivity contribution in [1.29, 1.82) is 0 Å². The van der Waals surface area contributed by atoms with E-state index in [2.05, 4.69) is 81.3 Å². The summed E-state index contributed by atoms with van der Waals surface area (Å²) in [5.74, 6) is 1.56. The number of rotatable bonds is 11. The number of carbonyl (C=O) groups excluding carboxylic acids is 4. The van der Waals surface area contributed by atoms with E-state index in [4.69, 9.17) is 19.4 Å². The van der Waals surface area contributed by atoms with Gasteiger partial charge in [-0.3, -0.25) is 9.59 Å². The van der Waals surface area contributed by atoms with Crippen molar-refractivity contribution in [2.45, 2.75) is 95.9 Å². The predicted molar refractivity (Wildman–Crippen MR) is 230 cm³/mol. The van der Waals surface area contributed by atoms with E-state index in [9.17, 15) is 19.2 Å². The Bertz CT molecular complexity index is 2470. The summed E-state index contributed by atoms with van der Waals surface area (Å²) < 4.78 is 9.60. The van der Waals surface area contributed by atoms with E-state index in [1.165, 1.54) is 14.2 Å². The van der Waals surface area contributed by atoms with Crippen LogP contribution in [-0.4, -0.2) is 92.6 Å². The van der Waals surface area contributed by atoms with Crippen molar-refractivity contribution in [3.63, 3.8) is 0 Å². The number of piperidine rings is 1. The van der Waals surface area contributed by atoms with E-state index in [1.807, 2.05) is 43.0 Å². The molecule has 0 radical (unpaired) electrons. The van der Waals surface area contributed by atoms with Crippen LogP contribution >= 0.6 is 0 Å². The first kappa shape index (κ1) is 40.2. The van der Waals surface area contributed by atoms with Crippen LogP contribution in [0.1, 0.15) is 89.4 Å². The molecular formula is C47H54N8O6. The van der Waals surface area contributed by atoms with E-state index >= 15 is 0 Å². The molecule has 4 N–H and O–H groups in total. The third-order valence-corrected chi connectivity index (χ3v) is 13.6. The molecule has 2 aromatic heterocycles. The number of nitrogens with zero attached hydrogens (tertiary/aromatic N) is 4. The Balaban J connectivity index is 0.891. The van der Waals surface area contributed by atoms with Crippen LogP contribution in [0.25, 0.3) is 44.4 Å². The summed E-state index contributed by atoms with van der Waals surface area (Å²) >= 11 is 0. The van der Waals surface area contributed by atoms with Crippen molar-refractivity contribution in [3.05, 3.63) is 84.7 Å². The number of amides is 4. The maximum atomic E-state index is 14.0. The fourth-order valence-corrected chi connectivity index (χ4v) is 10.0. The van der Waals surface area contributed by atoms with Crippen molar-refractivity contribution in [1.82, 2.24) is 40.4 Å². The molecule has 14 heteroatoms. The van der Waals surface area contributed by atoms with Gasteiger partial charge in [-0.1, -0.05) is 69.3 Å². The average molecular weight is 827 g/mol. The highest BCUT2D eigenvalue weighted by atomic mass is 16.5. The monoisotopic (exact) mass is 826 g/mol. The number of benzene rings is 3. The van der Waals surface area contributed by atoms with Crippen LogP contribution in [0, 0.1) is 17.3 Å². The fourth-order valence-electron chi connectivity index (χ4n) is 10.0. The van der Waals surface area contributed by atoms with E-state index < -0.39 is 24.3 Å². The molecule has 5 aromatic rings. The Morgan fingerprint density at radius 2 is 1.39 bits per heavy atom. The van der Waals surface area contributed by atoms with Gasteiger partial charge < -0.3 is 39.9 Å². The Hall–Kier alpha value is -6.18. The van der Waals surface area contributed by atoms with Crippen LogP contribution < -0.4 is 10.6 Å². The molecule has 318 valence electrons. The minimum Gasteiger partial charge on any atom is -0.453 e. The summed E-state index contributed by atoms with van der Waals surface area (Å²) in [5, 5.41) is 7.68. The smallest absolute Gasteiger partial charge is 0.407 e. The maximum absolute atomic E-state index is 14.0. The number of H-pyrrole nitrogens is 2. The topological polar surface area (TPSA) is 175 Å². The summed E-state index contributed by atoms with van der Waals surface area (Å²) in [5.41, 5.74) is 6.10. The third kappa shape index (κ3) is 7.61. The largest absolute Gasteiger partial charge is 0.453 e. The van der Waals surface area contributed by atoms with Gasteiger partial charge in [0.1, 0.15) is 23.7 Å². The molecule has 6 atom stereocenters. The van der Waals surface area contributed by atoms with Gasteiger partial charge in [0.15, 0.2) is 0 Å². The van der Waals surface area contributed by atoms with Gasteiger partial charge in [0.25, 0.3) is 0 Å². The summed E-state index contributed by atoms with van der Waals surface area (Å²) in [6.07, 6.45) is 8.91. The van der Waals surface area contributed by atoms with Gasteiger partial charge in [0, 0.05) is 18.2 Å². The van der Waals surface area contributed by atoms with Gasteiger partial charge >= 0.3 is 12.2 Å². The second kappa shape index (κ2) is 16.0. The fraction of sp³-hybridized carbons (Fsp3) is 0.447. The highest BCUT2D eigenvalue weighted by molar-refractivity contribution is 5.91. The number of alkyl carbamates (subject to hydrolysis) is 2. The molecule has 61 heavy (non-hydrogen) atoms. The lowest BCUT2D eigenvalue weighted by atomic mass is 9.95. The molecule has 2 saturated heterocycles. The zero-order valence-electron chi connectivity index (χ0n) is 35.4. The standard InChI is InChI=1S/C47H54N8O6/c1-6-35(52-45(58)60-4)43(56)54-25-47(17-18-47)22-38(54)41-48-24-37(50-41)32-14-13-30-19-29(11-12-31(30)20-32)27-7-9-28(10-8-27)36-23-49-42(51-36)40-33-15-16-34(21-33)55(40)44(57)39(26(2)3)53-46(59)61-5/h7-14,19-20,23-24,26,33-35,38-40H,6,15-18,21-22,25H2,1-5H3,(H,48,50)(H,49,51)(H,52,58)(H,53,59)/t33-,34+,35-,38?,39-,40-/m0/s1.